The predicted molar refractivity (Wildman–Crippen MR) is 59.8 cm³/mol. The smallest absolute Gasteiger partial charge is 0.274 e. The molecule has 1 atom stereocenters. The number of para-hydroxylation sites is 1. The summed E-state index contributed by atoms with van der Waals surface area (Å²) < 4.78 is 0. The van der Waals surface area contributed by atoms with Gasteiger partial charge in [-0.2, -0.15) is 0 Å². The van der Waals surface area contributed by atoms with Crippen LogP contribution in [0.15, 0.2) is 24.3 Å². The first kappa shape index (κ1) is 11.7. The molecule has 1 N–H and O–H groups in total. The number of nitrogens with zero attached hydrogens (tertiary/aromatic N) is 1. The summed E-state index contributed by atoms with van der Waals surface area (Å²) >= 11 is 0. The van der Waals surface area contributed by atoms with E-state index in [2.05, 4.69) is 12.2 Å². The van der Waals surface area contributed by atoms with Crippen molar-refractivity contribution in [3.05, 3.63) is 39.9 Å². The molecule has 0 spiro atoms. The molecule has 0 radical (unpaired) electrons. The molecule has 0 saturated heterocycles. The van der Waals surface area contributed by atoms with Crippen LogP contribution in [-0.4, -0.2) is 11.5 Å². The van der Waals surface area contributed by atoms with Crippen LogP contribution in [0.4, 0.5) is 5.69 Å². The van der Waals surface area contributed by atoms with Crippen molar-refractivity contribution in [3.63, 3.8) is 0 Å². The number of rotatable bonds is 5. The van der Waals surface area contributed by atoms with Crippen molar-refractivity contribution in [3.8, 4) is 0 Å². The van der Waals surface area contributed by atoms with Crippen molar-refractivity contribution >= 4 is 5.69 Å². The van der Waals surface area contributed by atoms with E-state index in [1.54, 1.807) is 18.2 Å². The van der Waals surface area contributed by atoms with Crippen molar-refractivity contribution in [2.24, 2.45) is 0 Å². The molecule has 0 unspecified atom stereocenters. The minimum absolute atomic E-state index is 0.0200. The molecule has 0 heterocycles. The summed E-state index contributed by atoms with van der Waals surface area (Å²) in [4.78, 5) is 10.4. The molecule has 0 fully saturated rings. The van der Waals surface area contributed by atoms with Crippen LogP contribution in [0.2, 0.25) is 0 Å². The standard InChI is InChI=1S/C11H16N2O2/c1-3-8-12-9(2)10-6-4-5-7-11(10)13(14)15/h4-7,9,12H,3,8H2,1-2H3/t9-/m1/s1. The summed E-state index contributed by atoms with van der Waals surface area (Å²) in [6, 6.07) is 6.87. The second kappa shape index (κ2) is 5.46. The number of nitrogens with one attached hydrogen (secondary N) is 1. The van der Waals surface area contributed by atoms with E-state index in [9.17, 15) is 10.1 Å². The Morgan fingerprint density at radius 1 is 1.47 bits per heavy atom. The van der Waals surface area contributed by atoms with Gasteiger partial charge in [-0.3, -0.25) is 10.1 Å². The van der Waals surface area contributed by atoms with E-state index in [1.807, 2.05) is 13.0 Å². The summed E-state index contributed by atoms with van der Waals surface area (Å²) in [7, 11) is 0. The first-order valence-electron chi connectivity index (χ1n) is 5.13. The number of hydrogen-bond donors (Lipinski definition) is 1. The van der Waals surface area contributed by atoms with Gasteiger partial charge in [-0.05, 0) is 19.9 Å². The zero-order valence-corrected chi connectivity index (χ0v) is 9.06. The highest BCUT2D eigenvalue weighted by Crippen LogP contribution is 2.24. The molecule has 4 nitrogen and oxygen atoms in total. The van der Waals surface area contributed by atoms with E-state index in [-0.39, 0.29) is 16.7 Å². The summed E-state index contributed by atoms with van der Waals surface area (Å²) in [5.41, 5.74) is 0.935. The zero-order valence-electron chi connectivity index (χ0n) is 9.06. The van der Waals surface area contributed by atoms with E-state index in [1.165, 1.54) is 0 Å². The molecule has 0 aliphatic heterocycles. The van der Waals surface area contributed by atoms with Crippen molar-refractivity contribution < 1.29 is 4.92 Å². The molecule has 1 aromatic rings. The molecule has 0 aromatic heterocycles. The second-order valence-corrected chi connectivity index (χ2v) is 3.49. The highest BCUT2D eigenvalue weighted by atomic mass is 16.6. The quantitative estimate of drug-likeness (QED) is 0.597. The van der Waals surface area contributed by atoms with E-state index in [0.717, 1.165) is 18.5 Å². The average molecular weight is 208 g/mol. The third-order valence-electron chi connectivity index (χ3n) is 2.30. The largest absolute Gasteiger partial charge is 0.310 e. The summed E-state index contributed by atoms with van der Waals surface area (Å²) in [5, 5.41) is 14.0. The van der Waals surface area contributed by atoms with Gasteiger partial charge in [0.1, 0.15) is 0 Å². The SMILES string of the molecule is CCCN[C@H](C)c1ccccc1[N+](=O)[O-]. The van der Waals surface area contributed by atoms with Gasteiger partial charge in [0.2, 0.25) is 0 Å². The highest BCUT2D eigenvalue weighted by molar-refractivity contribution is 5.41. The van der Waals surface area contributed by atoms with Gasteiger partial charge in [0, 0.05) is 17.7 Å². The Balaban J connectivity index is 2.87. The normalized spacial score (nSPS) is 12.4. The van der Waals surface area contributed by atoms with Gasteiger partial charge in [0.25, 0.3) is 5.69 Å². The molecule has 0 aliphatic rings. The lowest BCUT2D eigenvalue weighted by Crippen LogP contribution is -2.20. The Kier molecular flexibility index (Phi) is 4.24. The lowest BCUT2D eigenvalue weighted by molar-refractivity contribution is -0.385. The number of hydrogen-bond acceptors (Lipinski definition) is 3. The van der Waals surface area contributed by atoms with Crippen LogP contribution < -0.4 is 5.32 Å². The molecular formula is C11H16N2O2. The fraction of sp³-hybridized carbons (Fsp3) is 0.455. The molecular weight excluding hydrogens is 192 g/mol. The van der Waals surface area contributed by atoms with Crippen LogP contribution in [0.3, 0.4) is 0 Å². The topological polar surface area (TPSA) is 55.2 Å². The molecule has 1 rings (SSSR count). The minimum atomic E-state index is -0.334. The van der Waals surface area contributed by atoms with Crippen molar-refractivity contribution in [1.29, 1.82) is 0 Å². The first-order chi connectivity index (χ1) is 7.16. The predicted octanol–water partition coefficient (Wildman–Crippen LogP) is 2.66. The maximum atomic E-state index is 10.8. The molecule has 0 amide bonds. The highest BCUT2D eigenvalue weighted by Gasteiger charge is 2.16. The third-order valence-corrected chi connectivity index (χ3v) is 2.30. The number of benzene rings is 1. The van der Waals surface area contributed by atoms with E-state index < -0.39 is 0 Å². The maximum absolute atomic E-state index is 10.8. The molecule has 4 heteroatoms. The van der Waals surface area contributed by atoms with Gasteiger partial charge in [-0.1, -0.05) is 25.1 Å². The second-order valence-electron chi connectivity index (χ2n) is 3.49. The number of nitro groups is 1. The number of nitro benzene ring substituents is 1. The molecule has 0 saturated carbocycles. The maximum Gasteiger partial charge on any atom is 0.274 e. The Labute approximate surface area is 89.5 Å². The summed E-state index contributed by atoms with van der Waals surface area (Å²) in [6.45, 7) is 4.88. The third kappa shape index (κ3) is 3.02. The molecule has 1 aromatic carbocycles. The molecule has 82 valence electrons. The van der Waals surface area contributed by atoms with E-state index in [0.29, 0.717) is 0 Å². The van der Waals surface area contributed by atoms with E-state index in [4.69, 9.17) is 0 Å². The molecule has 15 heavy (non-hydrogen) atoms. The Morgan fingerprint density at radius 3 is 2.73 bits per heavy atom. The average Bonchev–Trinajstić information content (AvgIpc) is 2.25. The first-order valence-corrected chi connectivity index (χ1v) is 5.13. The fourth-order valence-electron chi connectivity index (χ4n) is 1.49. The van der Waals surface area contributed by atoms with Gasteiger partial charge in [0.15, 0.2) is 0 Å². The lowest BCUT2D eigenvalue weighted by Gasteiger charge is -2.13. The van der Waals surface area contributed by atoms with Crippen LogP contribution in [0, 0.1) is 10.1 Å². The summed E-state index contributed by atoms with van der Waals surface area (Å²) in [5.74, 6) is 0. The van der Waals surface area contributed by atoms with Crippen LogP contribution >= 0.6 is 0 Å². The van der Waals surface area contributed by atoms with Crippen molar-refractivity contribution in [2.75, 3.05) is 6.54 Å². The minimum Gasteiger partial charge on any atom is -0.310 e. The van der Waals surface area contributed by atoms with Crippen LogP contribution in [-0.2, 0) is 0 Å². The molecule has 0 aliphatic carbocycles. The van der Waals surface area contributed by atoms with Crippen LogP contribution in [0.5, 0.6) is 0 Å². The van der Waals surface area contributed by atoms with Gasteiger partial charge < -0.3 is 5.32 Å². The summed E-state index contributed by atoms with van der Waals surface area (Å²) in [6.07, 6.45) is 1.02. The van der Waals surface area contributed by atoms with Crippen LogP contribution in [0.1, 0.15) is 31.9 Å². The van der Waals surface area contributed by atoms with Crippen molar-refractivity contribution in [1.82, 2.24) is 5.32 Å². The lowest BCUT2D eigenvalue weighted by atomic mass is 10.1. The Hall–Kier alpha value is -1.42. The van der Waals surface area contributed by atoms with Gasteiger partial charge in [0.05, 0.1) is 4.92 Å². The van der Waals surface area contributed by atoms with Gasteiger partial charge in [-0.25, -0.2) is 0 Å². The Bertz CT molecular complexity index is 339. The zero-order chi connectivity index (χ0) is 11.3. The van der Waals surface area contributed by atoms with E-state index >= 15 is 0 Å². The monoisotopic (exact) mass is 208 g/mol. The van der Waals surface area contributed by atoms with Gasteiger partial charge in [-0.15, -0.1) is 0 Å². The fourth-order valence-corrected chi connectivity index (χ4v) is 1.49. The van der Waals surface area contributed by atoms with Crippen molar-refractivity contribution in [2.45, 2.75) is 26.3 Å². The Morgan fingerprint density at radius 2 is 2.13 bits per heavy atom. The van der Waals surface area contributed by atoms with Crippen LogP contribution in [0.25, 0.3) is 0 Å². The van der Waals surface area contributed by atoms with Gasteiger partial charge >= 0.3 is 0 Å². The molecule has 0 bridgehead atoms.